The molecule has 2 rings (SSSR count). The van der Waals surface area contributed by atoms with Crippen LogP contribution in [0, 0.1) is 5.92 Å². The highest BCUT2D eigenvalue weighted by Gasteiger charge is 2.38. The molecule has 2 fully saturated rings. The predicted molar refractivity (Wildman–Crippen MR) is 49.0 cm³/mol. The summed E-state index contributed by atoms with van der Waals surface area (Å²) in [6.07, 6.45) is 3.09. The van der Waals surface area contributed by atoms with Crippen molar-refractivity contribution in [1.82, 2.24) is 5.32 Å². The van der Waals surface area contributed by atoms with Crippen molar-refractivity contribution in [2.45, 2.75) is 38.0 Å². The van der Waals surface area contributed by atoms with Crippen LogP contribution >= 0.6 is 12.4 Å². The van der Waals surface area contributed by atoms with Crippen LogP contribution in [0.4, 0.5) is 4.79 Å². The van der Waals surface area contributed by atoms with E-state index in [2.05, 4.69) is 10.1 Å². The Labute approximate surface area is 83.1 Å². The second-order valence-electron chi connectivity index (χ2n) is 3.57. The van der Waals surface area contributed by atoms with E-state index in [4.69, 9.17) is 5.11 Å². The number of carbonyl (C=O) groups is 1. The summed E-state index contributed by atoms with van der Waals surface area (Å²) in [5.74, 6) is 0.648. The van der Waals surface area contributed by atoms with Crippen molar-refractivity contribution in [2.24, 2.45) is 5.92 Å². The van der Waals surface area contributed by atoms with Crippen LogP contribution in [0.2, 0.25) is 0 Å². The normalized spacial score (nSPS) is 36.5. The first kappa shape index (κ1) is 10.6. The van der Waals surface area contributed by atoms with Crippen molar-refractivity contribution in [2.75, 3.05) is 0 Å². The van der Waals surface area contributed by atoms with Gasteiger partial charge in [-0.2, -0.15) is 0 Å². The molecule has 1 heterocycles. The lowest BCUT2D eigenvalue weighted by molar-refractivity contribution is 0.0420. The van der Waals surface area contributed by atoms with Gasteiger partial charge in [0, 0.05) is 12.5 Å². The summed E-state index contributed by atoms with van der Waals surface area (Å²) in [5.41, 5.74) is 0. The molecule has 0 spiro atoms. The topological polar surface area (TPSA) is 58.6 Å². The van der Waals surface area contributed by atoms with E-state index in [9.17, 15) is 4.79 Å². The number of carboxylic acid groups (broad SMARTS) is 1. The van der Waals surface area contributed by atoms with Gasteiger partial charge in [-0.1, -0.05) is 6.42 Å². The molecule has 13 heavy (non-hydrogen) atoms. The minimum Gasteiger partial charge on any atom is -0.450 e. The fourth-order valence-electron chi connectivity index (χ4n) is 2.32. The van der Waals surface area contributed by atoms with E-state index in [-0.39, 0.29) is 18.6 Å². The molecule has 0 aromatic carbocycles. The average Bonchev–Trinajstić information content (AvgIpc) is 2.43. The molecule has 0 bridgehead atoms. The fraction of sp³-hybridized carbons (Fsp3) is 0.875. The third-order valence-electron chi connectivity index (χ3n) is 2.82. The molecule has 1 aliphatic heterocycles. The highest BCUT2D eigenvalue weighted by atomic mass is 35.5. The Morgan fingerprint density at radius 3 is 2.85 bits per heavy atom. The molecule has 5 heteroatoms. The zero-order chi connectivity index (χ0) is 8.55. The van der Waals surface area contributed by atoms with Gasteiger partial charge >= 0.3 is 6.16 Å². The van der Waals surface area contributed by atoms with Gasteiger partial charge < -0.3 is 9.84 Å². The SMILES string of the molecule is Cl.O=C(O)O[C@H]1C[C@H]2CCC[C@H]2N1. The van der Waals surface area contributed by atoms with E-state index in [1.54, 1.807) is 0 Å². The van der Waals surface area contributed by atoms with Gasteiger partial charge in [-0.25, -0.2) is 4.79 Å². The largest absolute Gasteiger partial charge is 0.507 e. The van der Waals surface area contributed by atoms with Crippen LogP contribution in [-0.2, 0) is 4.74 Å². The summed E-state index contributed by atoms with van der Waals surface area (Å²) in [7, 11) is 0. The van der Waals surface area contributed by atoms with Crippen molar-refractivity contribution in [3.8, 4) is 0 Å². The Kier molecular flexibility index (Phi) is 3.39. The second kappa shape index (κ2) is 4.15. The molecule has 3 atom stereocenters. The third kappa shape index (κ3) is 2.25. The molecule has 1 saturated carbocycles. The van der Waals surface area contributed by atoms with Crippen LogP contribution in [0.15, 0.2) is 0 Å². The number of nitrogens with one attached hydrogen (secondary N) is 1. The second-order valence-corrected chi connectivity index (χ2v) is 3.57. The van der Waals surface area contributed by atoms with Gasteiger partial charge in [0.25, 0.3) is 0 Å². The first-order chi connectivity index (χ1) is 5.75. The molecule has 0 radical (unpaired) electrons. The van der Waals surface area contributed by atoms with E-state index in [1.807, 2.05) is 0 Å². The number of hydrogen-bond donors (Lipinski definition) is 2. The van der Waals surface area contributed by atoms with E-state index < -0.39 is 6.16 Å². The van der Waals surface area contributed by atoms with Crippen LogP contribution in [0.5, 0.6) is 0 Å². The van der Waals surface area contributed by atoms with Crippen molar-refractivity contribution in [1.29, 1.82) is 0 Å². The van der Waals surface area contributed by atoms with Gasteiger partial charge in [0.15, 0.2) is 6.23 Å². The van der Waals surface area contributed by atoms with Gasteiger partial charge in [0.2, 0.25) is 0 Å². The van der Waals surface area contributed by atoms with E-state index >= 15 is 0 Å². The summed E-state index contributed by atoms with van der Waals surface area (Å²) < 4.78 is 4.65. The van der Waals surface area contributed by atoms with Gasteiger partial charge in [-0.05, 0) is 18.8 Å². The van der Waals surface area contributed by atoms with Crippen molar-refractivity contribution in [3.05, 3.63) is 0 Å². The first-order valence-corrected chi connectivity index (χ1v) is 4.41. The minimum absolute atomic E-state index is 0. The molecule has 1 saturated heterocycles. The maximum Gasteiger partial charge on any atom is 0.507 e. The number of hydrogen-bond acceptors (Lipinski definition) is 3. The number of halogens is 1. The highest BCUT2D eigenvalue weighted by Crippen LogP contribution is 2.34. The van der Waals surface area contributed by atoms with E-state index in [0.717, 1.165) is 6.42 Å². The van der Waals surface area contributed by atoms with E-state index in [0.29, 0.717) is 12.0 Å². The molecule has 1 aliphatic carbocycles. The molecule has 76 valence electrons. The summed E-state index contributed by atoms with van der Waals surface area (Å²) in [6, 6.07) is 0.509. The molecule has 0 unspecified atom stereocenters. The van der Waals surface area contributed by atoms with Crippen LogP contribution in [0.25, 0.3) is 0 Å². The van der Waals surface area contributed by atoms with Gasteiger partial charge in [0.1, 0.15) is 0 Å². The lowest BCUT2D eigenvalue weighted by atomic mass is 10.0. The zero-order valence-corrected chi connectivity index (χ0v) is 8.05. The first-order valence-electron chi connectivity index (χ1n) is 4.41. The molecule has 0 aromatic rings. The van der Waals surface area contributed by atoms with Gasteiger partial charge in [-0.3, -0.25) is 5.32 Å². The molecule has 2 aliphatic rings. The predicted octanol–water partition coefficient (Wildman–Crippen LogP) is 1.59. The molecular formula is C8H14ClNO3. The van der Waals surface area contributed by atoms with Crippen LogP contribution in [-0.4, -0.2) is 23.5 Å². The summed E-state index contributed by atoms with van der Waals surface area (Å²) >= 11 is 0. The number of ether oxygens (including phenoxy) is 1. The Balaban J connectivity index is 0.000000845. The minimum atomic E-state index is -1.17. The standard InChI is InChI=1S/C8H13NO3.ClH/c10-8(11)12-7-4-5-2-1-3-6(5)9-7;/h5-7,9H,1-4H2,(H,10,11);1H/t5-,6-,7+;/m1./s1. The number of rotatable bonds is 1. The zero-order valence-electron chi connectivity index (χ0n) is 7.23. The smallest absolute Gasteiger partial charge is 0.450 e. The Bertz CT molecular complexity index is 188. The summed E-state index contributed by atoms with van der Waals surface area (Å²) in [4.78, 5) is 10.2. The third-order valence-corrected chi connectivity index (χ3v) is 2.82. The Morgan fingerprint density at radius 2 is 2.23 bits per heavy atom. The highest BCUT2D eigenvalue weighted by molar-refractivity contribution is 5.85. The van der Waals surface area contributed by atoms with Crippen molar-refractivity contribution < 1.29 is 14.6 Å². The van der Waals surface area contributed by atoms with Gasteiger partial charge in [-0.15, -0.1) is 12.4 Å². The molecule has 0 aromatic heterocycles. The Hall–Kier alpha value is -0.480. The average molecular weight is 208 g/mol. The van der Waals surface area contributed by atoms with Crippen LogP contribution < -0.4 is 5.32 Å². The maximum atomic E-state index is 10.2. The fourth-order valence-corrected chi connectivity index (χ4v) is 2.32. The number of fused-ring (bicyclic) bond motifs is 1. The van der Waals surface area contributed by atoms with Gasteiger partial charge in [0.05, 0.1) is 0 Å². The lowest BCUT2D eigenvalue weighted by Gasteiger charge is -2.10. The maximum absolute atomic E-state index is 10.2. The molecular weight excluding hydrogens is 194 g/mol. The Morgan fingerprint density at radius 1 is 1.46 bits per heavy atom. The molecule has 0 amide bonds. The van der Waals surface area contributed by atoms with Crippen molar-refractivity contribution >= 4 is 18.6 Å². The van der Waals surface area contributed by atoms with Crippen LogP contribution in [0.1, 0.15) is 25.7 Å². The van der Waals surface area contributed by atoms with E-state index in [1.165, 1.54) is 19.3 Å². The quantitative estimate of drug-likeness (QED) is 0.642. The molecule has 2 N–H and O–H groups in total. The van der Waals surface area contributed by atoms with Crippen molar-refractivity contribution in [3.63, 3.8) is 0 Å². The lowest BCUT2D eigenvalue weighted by Crippen LogP contribution is -2.32. The summed E-state index contributed by atoms with van der Waals surface area (Å²) in [6.45, 7) is 0. The molecule has 4 nitrogen and oxygen atoms in total. The van der Waals surface area contributed by atoms with Crippen LogP contribution in [0.3, 0.4) is 0 Å². The summed E-state index contributed by atoms with van der Waals surface area (Å²) in [5, 5.41) is 11.6. The monoisotopic (exact) mass is 207 g/mol.